The largest absolute Gasteiger partial charge is 0.300 e. The number of nitrogens with zero attached hydrogens (tertiary/aromatic N) is 1. The van der Waals surface area contributed by atoms with Gasteiger partial charge in [0.25, 0.3) is 0 Å². The maximum absolute atomic E-state index is 11.4. The molecule has 0 radical (unpaired) electrons. The first-order chi connectivity index (χ1) is 8.63. The van der Waals surface area contributed by atoms with E-state index in [1.54, 1.807) is 0 Å². The molecule has 1 saturated carbocycles. The van der Waals surface area contributed by atoms with Gasteiger partial charge in [-0.1, -0.05) is 33.6 Å². The van der Waals surface area contributed by atoms with Crippen molar-refractivity contribution in [3.63, 3.8) is 0 Å². The molecule has 0 N–H and O–H groups in total. The molecule has 18 heavy (non-hydrogen) atoms. The first-order valence-electron chi connectivity index (χ1n) is 7.89. The van der Waals surface area contributed by atoms with Crippen molar-refractivity contribution in [1.82, 2.24) is 4.90 Å². The third kappa shape index (κ3) is 5.99. The molecule has 0 aromatic rings. The summed E-state index contributed by atoms with van der Waals surface area (Å²) in [5, 5.41) is 0. The molecule has 2 nitrogen and oxygen atoms in total. The van der Waals surface area contributed by atoms with E-state index in [2.05, 4.69) is 18.7 Å². The van der Waals surface area contributed by atoms with Crippen LogP contribution in [0, 0.1) is 5.92 Å². The molecule has 1 aliphatic carbocycles. The number of hydrogen-bond acceptors (Lipinski definition) is 2. The fourth-order valence-electron chi connectivity index (χ4n) is 2.83. The minimum absolute atomic E-state index is 0.422. The first kappa shape index (κ1) is 15.7. The predicted octanol–water partition coefficient (Wildman–Crippen LogP) is 4.04. The van der Waals surface area contributed by atoms with Crippen LogP contribution in [0.3, 0.4) is 0 Å². The molecule has 1 fully saturated rings. The van der Waals surface area contributed by atoms with Gasteiger partial charge in [0.15, 0.2) is 0 Å². The number of rotatable bonds is 9. The molecule has 0 aliphatic heterocycles. The van der Waals surface area contributed by atoms with Gasteiger partial charge in [0.05, 0.1) is 0 Å². The fourth-order valence-corrected chi connectivity index (χ4v) is 2.83. The molecule has 1 aliphatic rings. The monoisotopic (exact) mass is 253 g/mol. The summed E-state index contributed by atoms with van der Waals surface area (Å²) in [7, 11) is 0. The molecule has 0 amide bonds. The van der Waals surface area contributed by atoms with Gasteiger partial charge >= 0.3 is 0 Å². The zero-order chi connectivity index (χ0) is 13.4. The van der Waals surface area contributed by atoms with Crippen LogP contribution >= 0.6 is 0 Å². The Hall–Kier alpha value is -0.370. The second-order valence-corrected chi connectivity index (χ2v) is 6.15. The summed E-state index contributed by atoms with van der Waals surface area (Å²) in [6.07, 6.45) is 9.38. The van der Waals surface area contributed by atoms with Crippen LogP contribution in [0.4, 0.5) is 0 Å². The summed E-state index contributed by atoms with van der Waals surface area (Å²) in [6, 6.07) is 0.806. The van der Waals surface area contributed by atoms with Crippen LogP contribution in [-0.2, 0) is 4.79 Å². The van der Waals surface area contributed by atoms with E-state index in [1.165, 1.54) is 38.6 Å². The SMILES string of the molecule is CCC(=O)CCCN(CCC(C)C)C1CCCC1. The Balaban J connectivity index is 2.31. The molecule has 1 rings (SSSR count). The van der Waals surface area contributed by atoms with Gasteiger partial charge < -0.3 is 4.90 Å². The van der Waals surface area contributed by atoms with Crippen molar-refractivity contribution >= 4 is 5.78 Å². The van der Waals surface area contributed by atoms with Gasteiger partial charge in [0, 0.05) is 18.9 Å². The highest BCUT2D eigenvalue weighted by molar-refractivity contribution is 5.77. The lowest BCUT2D eigenvalue weighted by Gasteiger charge is -2.29. The Kier molecular flexibility index (Phi) is 7.57. The van der Waals surface area contributed by atoms with Crippen LogP contribution in [0.2, 0.25) is 0 Å². The van der Waals surface area contributed by atoms with Crippen LogP contribution in [0.25, 0.3) is 0 Å². The minimum Gasteiger partial charge on any atom is -0.300 e. The van der Waals surface area contributed by atoms with Gasteiger partial charge in [-0.2, -0.15) is 0 Å². The van der Waals surface area contributed by atoms with Gasteiger partial charge in [0.1, 0.15) is 5.78 Å². The lowest BCUT2D eigenvalue weighted by molar-refractivity contribution is -0.118. The number of carbonyl (C=O) groups is 1. The average Bonchev–Trinajstić information content (AvgIpc) is 2.86. The topological polar surface area (TPSA) is 20.3 Å². The maximum Gasteiger partial charge on any atom is 0.132 e. The Morgan fingerprint density at radius 1 is 1.22 bits per heavy atom. The molecule has 106 valence electrons. The van der Waals surface area contributed by atoms with Gasteiger partial charge in [-0.3, -0.25) is 4.79 Å². The molecule has 0 aromatic carbocycles. The molecule has 0 spiro atoms. The number of hydrogen-bond donors (Lipinski definition) is 0. The predicted molar refractivity (Wildman–Crippen MR) is 77.8 cm³/mol. The number of carbonyl (C=O) groups excluding carboxylic acids is 1. The van der Waals surface area contributed by atoms with Crippen LogP contribution in [-0.4, -0.2) is 29.8 Å². The van der Waals surface area contributed by atoms with Crippen LogP contribution in [0.1, 0.15) is 72.1 Å². The smallest absolute Gasteiger partial charge is 0.132 e. The Morgan fingerprint density at radius 3 is 2.44 bits per heavy atom. The third-order valence-corrected chi connectivity index (χ3v) is 4.13. The second-order valence-electron chi connectivity index (χ2n) is 6.15. The molecule has 0 atom stereocenters. The summed E-state index contributed by atoms with van der Waals surface area (Å²) in [6.45, 7) is 8.92. The summed E-state index contributed by atoms with van der Waals surface area (Å²) in [5.41, 5.74) is 0. The van der Waals surface area contributed by atoms with Gasteiger partial charge in [-0.25, -0.2) is 0 Å². The molecule has 0 aromatic heterocycles. The van der Waals surface area contributed by atoms with Crippen molar-refractivity contribution < 1.29 is 4.79 Å². The van der Waals surface area contributed by atoms with E-state index in [1.807, 2.05) is 6.92 Å². The van der Waals surface area contributed by atoms with Crippen molar-refractivity contribution in [3.8, 4) is 0 Å². The quantitative estimate of drug-likeness (QED) is 0.618. The maximum atomic E-state index is 11.4. The number of Topliss-reactive ketones (excluding diaryl/α,β-unsaturated/α-hetero) is 1. The standard InChI is InChI=1S/C16H31NO/c1-4-16(18)10-7-12-17(13-11-14(2)3)15-8-5-6-9-15/h14-15H,4-13H2,1-3H3. The lowest BCUT2D eigenvalue weighted by atomic mass is 10.1. The van der Waals surface area contributed by atoms with Gasteiger partial charge in [-0.05, 0) is 44.7 Å². The molecule has 0 heterocycles. The molecule has 0 saturated heterocycles. The molecule has 0 bridgehead atoms. The minimum atomic E-state index is 0.422. The van der Waals surface area contributed by atoms with E-state index in [9.17, 15) is 4.79 Å². The third-order valence-electron chi connectivity index (χ3n) is 4.13. The molecular formula is C16H31NO. The summed E-state index contributed by atoms with van der Waals surface area (Å²) < 4.78 is 0. The zero-order valence-electron chi connectivity index (χ0n) is 12.6. The summed E-state index contributed by atoms with van der Waals surface area (Å²) in [4.78, 5) is 14.0. The van der Waals surface area contributed by atoms with Crippen molar-refractivity contribution in [2.24, 2.45) is 5.92 Å². The number of ketones is 1. The van der Waals surface area contributed by atoms with Gasteiger partial charge in [-0.15, -0.1) is 0 Å². The average molecular weight is 253 g/mol. The highest BCUT2D eigenvalue weighted by atomic mass is 16.1. The van der Waals surface area contributed by atoms with E-state index in [0.29, 0.717) is 12.2 Å². The van der Waals surface area contributed by atoms with Crippen LogP contribution < -0.4 is 0 Å². The Labute approximate surface area is 113 Å². The van der Waals surface area contributed by atoms with Crippen molar-refractivity contribution in [3.05, 3.63) is 0 Å². The van der Waals surface area contributed by atoms with E-state index < -0.39 is 0 Å². The van der Waals surface area contributed by atoms with Crippen LogP contribution in [0.5, 0.6) is 0 Å². The molecule has 2 heteroatoms. The normalized spacial score (nSPS) is 16.9. The summed E-state index contributed by atoms with van der Waals surface area (Å²) in [5.74, 6) is 1.21. The highest BCUT2D eigenvalue weighted by Crippen LogP contribution is 2.24. The van der Waals surface area contributed by atoms with Crippen LogP contribution in [0.15, 0.2) is 0 Å². The Morgan fingerprint density at radius 2 is 1.89 bits per heavy atom. The Bertz CT molecular complexity index is 231. The highest BCUT2D eigenvalue weighted by Gasteiger charge is 2.22. The molecule has 0 unspecified atom stereocenters. The summed E-state index contributed by atoms with van der Waals surface area (Å²) >= 11 is 0. The van der Waals surface area contributed by atoms with Crippen molar-refractivity contribution in [1.29, 1.82) is 0 Å². The van der Waals surface area contributed by atoms with Crippen molar-refractivity contribution in [2.45, 2.75) is 78.2 Å². The van der Waals surface area contributed by atoms with E-state index in [4.69, 9.17) is 0 Å². The van der Waals surface area contributed by atoms with Crippen molar-refractivity contribution in [2.75, 3.05) is 13.1 Å². The second kappa shape index (κ2) is 8.68. The van der Waals surface area contributed by atoms with Gasteiger partial charge in [0.2, 0.25) is 0 Å². The first-order valence-corrected chi connectivity index (χ1v) is 7.89. The fraction of sp³-hybridized carbons (Fsp3) is 0.938. The zero-order valence-corrected chi connectivity index (χ0v) is 12.6. The van der Waals surface area contributed by atoms with E-state index in [-0.39, 0.29) is 0 Å². The van der Waals surface area contributed by atoms with E-state index >= 15 is 0 Å². The lowest BCUT2D eigenvalue weighted by Crippen LogP contribution is -2.35. The molecular weight excluding hydrogens is 222 g/mol. The van der Waals surface area contributed by atoms with E-state index in [0.717, 1.165) is 31.3 Å².